The first kappa shape index (κ1) is 16.6. The Bertz CT molecular complexity index is 613. The average Bonchev–Trinajstić information content (AvgIpc) is 2.98. The van der Waals surface area contributed by atoms with Crippen molar-refractivity contribution in [1.29, 1.82) is 0 Å². The van der Waals surface area contributed by atoms with Gasteiger partial charge in [-0.25, -0.2) is 0 Å². The van der Waals surface area contributed by atoms with Gasteiger partial charge in [-0.3, -0.25) is 4.79 Å². The van der Waals surface area contributed by atoms with Crippen LogP contribution in [-0.2, 0) is 6.61 Å². The molecular weight excluding hydrogens is 348 g/mol. The number of hydrogen-bond acceptors (Lipinski definition) is 4. The molecule has 0 radical (unpaired) electrons. The molecule has 0 saturated heterocycles. The Morgan fingerprint density at radius 3 is 2.91 bits per heavy atom. The minimum Gasteiger partial charge on any atom is -0.486 e. The predicted octanol–water partition coefficient (Wildman–Crippen LogP) is 2.96. The number of benzene rings is 1. The maximum Gasteiger partial charge on any atom is 0.287 e. The lowest BCUT2D eigenvalue weighted by molar-refractivity contribution is 0.0922. The van der Waals surface area contributed by atoms with Crippen molar-refractivity contribution < 1.29 is 13.9 Å². The van der Waals surface area contributed by atoms with E-state index in [9.17, 15) is 4.79 Å². The van der Waals surface area contributed by atoms with E-state index in [-0.39, 0.29) is 12.5 Å². The maximum atomic E-state index is 11.9. The van der Waals surface area contributed by atoms with Crippen molar-refractivity contribution in [1.82, 2.24) is 10.6 Å². The summed E-state index contributed by atoms with van der Waals surface area (Å²) < 4.78 is 12.0. The quantitative estimate of drug-likeness (QED) is 0.705. The number of furan rings is 1. The zero-order valence-corrected chi connectivity index (χ0v) is 14.0. The molecule has 118 valence electrons. The molecule has 5 nitrogen and oxygen atoms in total. The SMILES string of the molecule is CCNCCNC(=O)c1ccc(COc2cccc(Br)c2)o1. The fourth-order valence-corrected chi connectivity index (χ4v) is 2.20. The number of amides is 1. The third-order valence-corrected chi connectivity index (χ3v) is 3.39. The lowest BCUT2D eigenvalue weighted by Gasteiger charge is -2.05. The smallest absolute Gasteiger partial charge is 0.287 e. The summed E-state index contributed by atoms with van der Waals surface area (Å²) in [6, 6.07) is 11.0. The van der Waals surface area contributed by atoms with Gasteiger partial charge < -0.3 is 19.8 Å². The van der Waals surface area contributed by atoms with Crippen molar-refractivity contribution in [3.05, 3.63) is 52.4 Å². The Kier molecular flexibility index (Phi) is 6.48. The third-order valence-electron chi connectivity index (χ3n) is 2.90. The predicted molar refractivity (Wildman–Crippen MR) is 88.1 cm³/mol. The summed E-state index contributed by atoms with van der Waals surface area (Å²) in [7, 11) is 0. The molecule has 0 spiro atoms. The molecule has 1 heterocycles. The number of carbonyl (C=O) groups is 1. The van der Waals surface area contributed by atoms with Gasteiger partial charge in [0.05, 0.1) is 0 Å². The summed E-state index contributed by atoms with van der Waals surface area (Å²) in [5, 5.41) is 5.92. The van der Waals surface area contributed by atoms with Gasteiger partial charge in [0.1, 0.15) is 18.1 Å². The molecule has 6 heteroatoms. The monoisotopic (exact) mass is 366 g/mol. The van der Waals surface area contributed by atoms with E-state index in [2.05, 4.69) is 26.6 Å². The molecule has 22 heavy (non-hydrogen) atoms. The highest BCUT2D eigenvalue weighted by molar-refractivity contribution is 9.10. The van der Waals surface area contributed by atoms with E-state index >= 15 is 0 Å². The standard InChI is InChI=1S/C16H19BrN2O3/c1-2-18-8-9-19-16(20)15-7-6-14(22-15)11-21-13-5-3-4-12(17)10-13/h3-7,10,18H,2,8-9,11H2,1H3,(H,19,20). The highest BCUT2D eigenvalue weighted by Crippen LogP contribution is 2.19. The molecule has 1 amide bonds. The van der Waals surface area contributed by atoms with E-state index in [4.69, 9.17) is 9.15 Å². The van der Waals surface area contributed by atoms with Crippen LogP contribution in [0.3, 0.4) is 0 Å². The van der Waals surface area contributed by atoms with Crippen LogP contribution in [-0.4, -0.2) is 25.5 Å². The first-order valence-electron chi connectivity index (χ1n) is 7.15. The number of halogens is 1. The zero-order valence-electron chi connectivity index (χ0n) is 12.4. The van der Waals surface area contributed by atoms with Gasteiger partial charge in [-0.1, -0.05) is 28.9 Å². The molecule has 0 aliphatic rings. The van der Waals surface area contributed by atoms with Crippen LogP contribution in [0.5, 0.6) is 5.75 Å². The molecule has 0 fully saturated rings. The van der Waals surface area contributed by atoms with Crippen LogP contribution in [0.1, 0.15) is 23.2 Å². The van der Waals surface area contributed by atoms with E-state index in [1.807, 2.05) is 31.2 Å². The van der Waals surface area contributed by atoms with Crippen molar-refractivity contribution in [2.24, 2.45) is 0 Å². The molecule has 2 aromatic rings. The minimum absolute atomic E-state index is 0.216. The van der Waals surface area contributed by atoms with Crippen LogP contribution in [0, 0.1) is 0 Å². The van der Waals surface area contributed by atoms with Crippen LogP contribution in [0.15, 0.2) is 45.3 Å². The molecular formula is C16H19BrN2O3. The second-order valence-corrected chi connectivity index (χ2v) is 5.54. The van der Waals surface area contributed by atoms with Crippen molar-refractivity contribution >= 4 is 21.8 Å². The molecule has 0 aliphatic carbocycles. The van der Waals surface area contributed by atoms with E-state index in [0.29, 0.717) is 18.1 Å². The van der Waals surface area contributed by atoms with E-state index < -0.39 is 0 Å². The van der Waals surface area contributed by atoms with Crippen molar-refractivity contribution in [2.75, 3.05) is 19.6 Å². The Morgan fingerprint density at radius 1 is 1.27 bits per heavy atom. The van der Waals surface area contributed by atoms with Crippen molar-refractivity contribution in [3.8, 4) is 5.75 Å². The second kappa shape index (κ2) is 8.60. The average molecular weight is 367 g/mol. The van der Waals surface area contributed by atoms with Gasteiger partial charge in [0.15, 0.2) is 5.76 Å². The lowest BCUT2D eigenvalue weighted by atomic mass is 10.3. The van der Waals surface area contributed by atoms with Gasteiger partial charge in [0.2, 0.25) is 0 Å². The first-order valence-corrected chi connectivity index (χ1v) is 7.94. The Balaban J connectivity index is 1.82. The van der Waals surface area contributed by atoms with Gasteiger partial charge in [-0.15, -0.1) is 0 Å². The summed E-state index contributed by atoms with van der Waals surface area (Å²) in [5.41, 5.74) is 0. The van der Waals surface area contributed by atoms with Gasteiger partial charge in [-0.05, 0) is 36.9 Å². The second-order valence-electron chi connectivity index (χ2n) is 4.62. The maximum absolute atomic E-state index is 11.9. The zero-order chi connectivity index (χ0) is 15.8. The summed E-state index contributed by atoms with van der Waals surface area (Å²) in [4.78, 5) is 11.9. The molecule has 1 aromatic carbocycles. The number of likely N-dealkylation sites (N-methyl/N-ethyl adjacent to an activating group) is 1. The molecule has 2 N–H and O–H groups in total. The van der Waals surface area contributed by atoms with Gasteiger partial charge in [0.25, 0.3) is 5.91 Å². The molecule has 2 rings (SSSR count). The fourth-order valence-electron chi connectivity index (χ4n) is 1.82. The summed E-state index contributed by atoms with van der Waals surface area (Å²) in [6.07, 6.45) is 0. The number of ether oxygens (including phenoxy) is 1. The van der Waals surface area contributed by atoms with Gasteiger partial charge in [-0.2, -0.15) is 0 Å². The Morgan fingerprint density at radius 2 is 2.14 bits per heavy atom. The van der Waals surface area contributed by atoms with Crippen LogP contribution in [0.4, 0.5) is 0 Å². The molecule has 1 aromatic heterocycles. The number of nitrogens with one attached hydrogen (secondary N) is 2. The highest BCUT2D eigenvalue weighted by Gasteiger charge is 2.10. The molecule has 0 saturated carbocycles. The van der Waals surface area contributed by atoms with E-state index in [1.165, 1.54) is 0 Å². The number of carbonyl (C=O) groups excluding carboxylic acids is 1. The lowest BCUT2D eigenvalue weighted by Crippen LogP contribution is -2.31. The largest absolute Gasteiger partial charge is 0.486 e. The van der Waals surface area contributed by atoms with Crippen LogP contribution in [0.25, 0.3) is 0 Å². The fraction of sp³-hybridized carbons (Fsp3) is 0.312. The van der Waals surface area contributed by atoms with Crippen molar-refractivity contribution in [2.45, 2.75) is 13.5 Å². The van der Waals surface area contributed by atoms with E-state index in [1.54, 1.807) is 12.1 Å². The molecule has 0 unspecified atom stereocenters. The number of rotatable bonds is 8. The van der Waals surface area contributed by atoms with E-state index in [0.717, 1.165) is 23.3 Å². The minimum atomic E-state index is -0.216. The van der Waals surface area contributed by atoms with Gasteiger partial charge >= 0.3 is 0 Å². The van der Waals surface area contributed by atoms with Crippen LogP contribution in [0.2, 0.25) is 0 Å². The van der Waals surface area contributed by atoms with Crippen molar-refractivity contribution in [3.63, 3.8) is 0 Å². The van der Waals surface area contributed by atoms with Crippen LogP contribution >= 0.6 is 15.9 Å². The molecule has 0 bridgehead atoms. The summed E-state index contributed by atoms with van der Waals surface area (Å²) in [6.45, 7) is 4.49. The Hall–Kier alpha value is -1.79. The molecule has 0 aliphatic heterocycles. The summed E-state index contributed by atoms with van der Waals surface area (Å²) >= 11 is 3.39. The number of hydrogen-bond donors (Lipinski definition) is 2. The molecule has 0 atom stereocenters. The topological polar surface area (TPSA) is 63.5 Å². The first-order chi connectivity index (χ1) is 10.7. The Labute approximate surface area is 138 Å². The highest BCUT2D eigenvalue weighted by atomic mass is 79.9. The summed E-state index contributed by atoms with van der Waals surface area (Å²) in [5.74, 6) is 1.43. The third kappa shape index (κ3) is 5.20. The van der Waals surface area contributed by atoms with Crippen LogP contribution < -0.4 is 15.4 Å². The normalized spacial score (nSPS) is 10.5. The van der Waals surface area contributed by atoms with Gasteiger partial charge in [0, 0.05) is 17.6 Å².